The van der Waals surface area contributed by atoms with Gasteiger partial charge in [0, 0.05) is 17.8 Å². The van der Waals surface area contributed by atoms with Crippen molar-refractivity contribution in [3.05, 3.63) is 72.3 Å². The standard InChI is InChI=1S/C19H20N2O5S/c1-3-12-20-18(22)15-6-5-7-17(13-15)27(24,25)21-16-10-8-14(9-11-16)19(23)26-4-2/h3,5-11,13,21H,1,4,12H2,2H3,(H,20,22). The van der Waals surface area contributed by atoms with Crippen LogP contribution in [0.1, 0.15) is 27.6 Å². The van der Waals surface area contributed by atoms with Gasteiger partial charge in [-0.25, -0.2) is 13.2 Å². The minimum Gasteiger partial charge on any atom is -0.462 e. The van der Waals surface area contributed by atoms with Gasteiger partial charge in [-0.3, -0.25) is 9.52 Å². The van der Waals surface area contributed by atoms with Crippen molar-refractivity contribution < 1.29 is 22.7 Å². The van der Waals surface area contributed by atoms with E-state index in [1.807, 2.05) is 0 Å². The molecule has 2 aromatic carbocycles. The molecule has 0 spiro atoms. The van der Waals surface area contributed by atoms with E-state index in [9.17, 15) is 18.0 Å². The van der Waals surface area contributed by atoms with Crippen molar-refractivity contribution in [1.29, 1.82) is 0 Å². The molecule has 0 radical (unpaired) electrons. The zero-order valence-corrected chi connectivity index (χ0v) is 15.6. The van der Waals surface area contributed by atoms with E-state index >= 15 is 0 Å². The van der Waals surface area contributed by atoms with Gasteiger partial charge in [-0.2, -0.15) is 0 Å². The summed E-state index contributed by atoms with van der Waals surface area (Å²) >= 11 is 0. The lowest BCUT2D eigenvalue weighted by atomic mass is 10.2. The molecule has 0 atom stereocenters. The molecule has 2 aromatic rings. The van der Waals surface area contributed by atoms with Crippen LogP contribution in [0.3, 0.4) is 0 Å². The zero-order valence-electron chi connectivity index (χ0n) is 14.8. The Morgan fingerprint density at radius 2 is 1.81 bits per heavy atom. The number of carbonyl (C=O) groups is 2. The molecule has 0 aliphatic heterocycles. The van der Waals surface area contributed by atoms with Gasteiger partial charge >= 0.3 is 5.97 Å². The number of benzene rings is 2. The van der Waals surface area contributed by atoms with Crippen molar-refractivity contribution in [3.8, 4) is 0 Å². The summed E-state index contributed by atoms with van der Waals surface area (Å²) in [5, 5.41) is 2.59. The van der Waals surface area contributed by atoms with E-state index in [4.69, 9.17) is 4.74 Å². The first-order valence-electron chi connectivity index (χ1n) is 8.16. The van der Waals surface area contributed by atoms with Crippen LogP contribution >= 0.6 is 0 Å². The van der Waals surface area contributed by atoms with Crippen LogP contribution in [0.25, 0.3) is 0 Å². The summed E-state index contributed by atoms with van der Waals surface area (Å²) in [5.41, 5.74) is 0.822. The molecule has 0 heterocycles. The number of hydrogen-bond donors (Lipinski definition) is 2. The Labute approximate surface area is 158 Å². The van der Waals surface area contributed by atoms with E-state index < -0.39 is 21.9 Å². The number of anilines is 1. The molecule has 0 fully saturated rings. The largest absolute Gasteiger partial charge is 0.462 e. The third-order valence-corrected chi connectivity index (χ3v) is 4.84. The molecule has 0 unspecified atom stereocenters. The average Bonchev–Trinajstić information content (AvgIpc) is 2.66. The number of ether oxygens (including phenoxy) is 1. The lowest BCUT2D eigenvalue weighted by Gasteiger charge is -2.10. The molecule has 0 bridgehead atoms. The second kappa shape index (κ2) is 9.00. The van der Waals surface area contributed by atoms with Crippen LogP contribution in [0.4, 0.5) is 5.69 Å². The number of rotatable bonds is 8. The second-order valence-electron chi connectivity index (χ2n) is 5.43. The highest BCUT2D eigenvalue weighted by Gasteiger charge is 2.17. The fraction of sp³-hybridized carbons (Fsp3) is 0.158. The van der Waals surface area contributed by atoms with E-state index in [-0.39, 0.29) is 29.3 Å². The minimum atomic E-state index is -3.90. The monoisotopic (exact) mass is 388 g/mol. The van der Waals surface area contributed by atoms with Crippen molar-refractivity contribution in [2.75, 3.05) is 17.9 Å². The summed E-state index contributed by atoms with van der Waals surface area (Å²) in [4.78, 5) is 23.6. The topological polar surface area (TPSA) is 102 Å². The van der Waals surface area contributed by atoms with Crippen molar-refractivity contribution in [2.45, 2.75) is 11.8 Å². The fourth-order valence-electron chi connectivity index (χ4n) is 2.17. The summed E-state index contributed by atoms with van der Waals surface area (Å²) in [7, 11) is -3.90. The Morgan fingerprint density at radius 1 is 1.11 bits per heavy atom. The van der Waals surface area contributed by atoms with E-state index in [2.05, 4.69) is 16.6 Å². The molecule has 27 heavy (non-hydrogen) atoms. The average molecular weight is 388 g/mol. The predicted octanol–water partition coefficient (Wildman–Crippen LogP) is 2.58. The van der Waals surface area contributed by atoms with Crippen LogP contribution < -0.4 is 10.0 Å². The van der Waals surface area contributed by atoms with Crippen LogP contribution in [0, 0.1) is 0 Å². The molecule has 2 N–H and O–H groups in total. The molecular weight excluding hydrogens is 368 g/mol. The van der Waals surface area contributed by atoms with E-state index in [1.165, 1.54) is 54.6 Å². The first-order chi connectivity index (χ1) is 12.9. The Kier molecular flexibility index (Phi) is 6.73. The summed E-state index contributed by atoms with van der Waals surface area (Å²) in [6.07, 6.45) is 1.53. The third kappa shape index (κ3) is 5.42. The Balaban J connectivity index is 2.18. The molecule has 0 aliphatic rings. The molecule has 142 valence electrons. The highest BCUT2D eigenvalue weighted by molar-refractivity contribution is 7.92. The van der Waals surface area contributed by atoms with Gasteiger partial charge in [0.25, 0.3) is 15.9 Å². The van der Waals surface area contributed by atoms with Crippen molar-refractivity contribution in [1.82, 2.24) is 5.32 Å². The molecule has 0 saturated carbocycles. The molecule has 0 aromatic heterocycles. The smallest absolute Gasteiger partial charge is 0.338 e. The third-order valence-electron chi connectivity index (χ3n) is 3.46. The van der Waals surface area contributed by atoms with Gasteiger partial charge in [-0.15, -0.1) is 6.58 Å². The molecule has 1 amide bonds. The molecule has 7 nitrogen and oxygen atoms in total. The Morgan fingerprint density at radius 3 is 2.44 bits per heavy atom. The van der Waals surface area contributed by atoms with Crippen LogP contribution in [-0.2, 0) is 14.8 Å². The van der Waals surface area contributed by atoms with Crippen molar-refractivity contribution in [3.63, 3.8) is 0 Å². The van der Waals surface area contributed by atoms with E-state index in [0.29, 0.717) is 5.56 Å². The summed E-state index contributed by atoms with van der Waals surface area (Å²) in [6, 6.07) is 11.5. The highest BCUT2D eigenvalue weighted by atomic mass is 32.2. The molecular formula is C19H20N2O5S. The number of hydrogen-bond acceptors (Lipinski definition) is 5. The molecule has 0 aliphatic carbocycles. The van der Waals surface area contributed by atoms with Gasteiger partial charge in [-0.05, 0) is 49.4 Å². The minimum absolute atomic E-state index is 0.0526. The van der Waals surface area contributed by atoms with Gasteiger partial charge in [0.05, 0.1) is 17.1 Å². The summed E-state index contributed by atoms with van der Waals surface area (Å²) < 4.78 is 32.4. The van der Waals surface area contributed by atoms with Crippen molar-refractivity contribution >= 4 is 27.6 Å². The Hall–Kier alpha value is -3.13. The lowest BCUT2D eigenvalue weighted by Crippen LogP contribution is -2.23. The van der Waals surface area contributed by atoms with Crippen molar-refractivity contribution in [2.24, 2.45) is 0 Å². The summed E-state index contributed by atoms with van der Waals surface area (Å²) in [6.45, 7) is 5.74. The molecule has 8 heteroatoms. The number of carbonyl (C=O) groups excluding carboxylic acids is 2. The zero-order chi connectivity index (χ0) is 19.9. The van der Waals surface area contributed by atoms with Gasteiger partial charge in [0.1, 0.15) is 0 Å². The maximum Gasteiger partial charge on any atom is 0.338 e. The quantitative estimate of drug-likeness (QED) is 0.535. The van der Waals surface area contributed by atoms with Gasteiger partial charge in [0.15, 0.2) is 0 Å². The van der Waals surface area contributed by atoms with Crippen LogP contribution in [-0.4, -0.2) is 33.4 Å². The normalized spacial score (nSPS) is 10.7. The van der Waals surface area contributed by atoms with E-state index in [0.717, 1.165) is 0 Å². The van der Waals surface area contributed by atoms with Crippen LogP contribution in [0.2, 0.25) is 0 Å². The van der Waals surface area contributed by atoms with Crippen LogP contribution in [0.5, 0.6) is 0 Å². The number of nitrogens with one attached hydrogen (secondary N) is 2. The number of esters is 1. The van der Waals surface area contributed by atoms with Gasteiger partial charge in [-0.1, -0.05) is 12.1 Å². The van der Waals surface area contributed by atoms with Crippen LogP contribution in [0.15, 0.2) is 66.1 Å². The maximum absolute atomic E-state index is 12.6. The van der Waals surface area contributed by atoms with Gasteiger partial charge in [0.2, 0.25) is 0 Å². The maximum atomic E-state index is 12.6. The first-order valence-corrected chi connectivity index (χ1v) is 9.65. The SMILES string of the molecule is C=CCNC(=O)c1cccc(S(=O)(=O)Nc2ccc(C(=O)OCC)cc2)c1. The summed E-state index contributed by atoms with van der Waals surface area (Å²) in [5.74, 6) is -0.879. The van der Waals surface area contributed by atoms with Gasteiger partial charge < -0.3 is 10.1 Å². The molecule has 2 rings (SSSR count). The molecule has 0 saturated heterocycles. The Bertz CT molecular complexity index is 937. The second-order valence-corrected chi connectivity index (χ2v) is 7.11. The highest BCUT2D eigenvalue weighted by Crippen LogP contribution is 2.18. The fourth-order valence-corrected chi connectivity index (χ4v) is 3.28. The predicted molar refractivity (Wildman–Crippen MR) is 102 cm³/mol. The first kappa shape index (κ1) is 20.2. The lowest BCUT2D eigenvalue weighted by molar-refractivity contribution is 0.0526. The van der Waals surface area contributed by atoms with E-state index in [1.54, 1.807) is 6.92 Å². The number of amides is 1. The number of sulfonamides is 1.